The Morgan fingerprint density at radius 1 is 0.927 bits per heavy atom. The molecule has 6 rings (SSSR count). The van der Waals surface area contributed by atoms with Crippen LogP contribution in [0.5, 0.6) is 5.75 Å². The molecule has 0 spiro atoms. The number of nitrogens with zero attached hydrogens (tertiary/aromatic N) is 3. The standard InChI is InChI=1S/C30H16BrCl4N3O3/c31-19-6-8-26-18(11-19)12-27(41-26)29-37-25-4-2-1-3-21(25)30(39)38(29)36-14-16-9-23(34)28(24(35)10-16)40-15-17-5-7-20(32)13-22(17)33/h1-14H,15H2. The molecule has 0 unspecified atom stereocenters. The van der Waals surface area contributed by atoms with Crippen LogP contribution in [-0.4, -0.2) is 15.9 Å². The van der Waals surface area contributed by atoms with Crippen molar-refractivity contribution in [2.45, 2.75) is 6.61 Å². The van der Waals surface area contributed by atoms with Crippen LogP contribution in [0.3, 0.4) is 0 Å². The number of fused-ring (bicyclic) bond motifs is 2. The van der Waals surface area contributed by atoms with Gasteiger partial charge in [0.15, 0.2) is 11.5 Å². The van der Waals surface area contributed by atoms with E-state index in [0.29, 0.717) is 37.9 Å². The molecule has 2 heterocycles. The van der Waals surface area contributed by atoms with Gasteiger partial charge in [-0.2, -0.15) is 9.78 Å². The van der Waals surface area contributed by atoms with Gasteiger partial charge in [0.1, 0.15) is 12.2 Å². The van der Waals surface area contributed by atoms with Crippen LogP contribution < -0.4 is 10.3 Å². The molecule has 0 atom stereocenters. The van der Waals surface area contributed by atoms with Crippen molar-refractivity contribution in [1.82, 2.24) is 9.66 Å². The fourth-order valence-electron chi connectivity index (χ4n) is 4.22. The highest BCUT2D eigenvalue weighted by molar-refractivity contribution is 9.10. The highest BCUT2D eigenvalue weighted by Crippen LogP contribution is 2.35. The van der Waals surface area contributed by atoms with Gasteiger partial charge in [-0.25, -0.2) is 4.98 Å². The summed E-state index contributed by atoms with van der Waals surface area (Å²) in [4.78, 5) is 18.2. The van der Waals surface area contributed by atoms with Crippen LogP contribution in [0.2, 0.25) is 20.1 Å². The minimum absolute atomic E-state index is 0.137. The SMILES string of the molecule is O=c1c2ccccc2nc(-c2cc3cc(Br)ccc3o2)n1N=Cc1cc(Cl)c(OCc2ccc(Cl)cc2Cl)c(Cl)c1. The second-order valence-electron chi connectivity index (χ2n) is 8.94. The molecule has 41 heavy (non-hydrogen) atoms. The second-order valence-corrected chi connectivity index (χ2v) is 11.5. The summed E-state index contributed by atoms with van der Waals surface area (Å²) in [6, 6.07) is 22.9. The van der Waals surface area contributed by atoms with Crippen LogP contribution in [0, 0.1) is 0 Å². The number of para-hydroxylation sites is 1. The molecule has 0 amide bonds. The number of hydrogen-bond donors (Lipinski definition) is 0. The molecule has 0 bridgehead atoms. The van der Waals surface area contributed by atoms with Crippen LogP contribution in [-0.2, 0) is 6.61 Å². The summed E-state index contributed by atoms with van der Waals surface area (Å²) < 4.78 is 14.0. The van der Waals surface area contributed by atoms with Gasteiger partial charge in [0.25, 0.3) is 5.56 Å². The maximum Gasteiger partial charge on any atom is 0.282 e. The van der Waals surface area contributed by atoms with Crippen LogP contribution >= 0.6 is 62.3 Å². The first-order chi connectivity index (χ1) is 19.8. The quantitative estimate of drug-likeness (QED) is 0.164. The van der Waals surface area contributed by atoms with Crippen molar-refractivity contribution < 1.29 is 9.15 Å². The minimum atomic E-state index is -0.361. The molecule has 2 aromatic heterocycles. The number of furan rings is 1. The van der Waals surface area contributed by atoms with Gasteiger partial charge in [-0.1, -0.05) is 80.5 Å². The van der Waals surface area contributed by atoms with Crippen molar-refractivity contribution in [3.05, 3.63) is 125 Å². The molecule has 4 aromatic carbocycles. The molecular weight excluding hydrogens is 672 g/mol. The third kappa shape index (κ3) is 5.73. The van der Waals surface area contributed by atoms with E-state index >= 15 is 0 Å². The lowest BCUT2D eigenvalue weighted by atomic mass is 10.2. The highest BCUT2D eigenvalue weighted by atomic mass is 79.9. The van der Waals surface area contributed by atoms with Gasteiger partial charge in [0.05, 0.1) is 27.2 Å². The summed E-state index contributed by atoms with van der Waals surface area (Å²) >= 11 is 28.7. The van der Waals surface area contributed by atoms with Gasteiger partial charge in [0, 0.05) is 25.5 Å². The summed E-state index contributed by atoms with van der Waals surface area (Å²) in [7, 11) is 0. The van der Waals surface area contributed by atoms with Gasteiger partial charge >= 0.3 is 0 Å². The lowest BCUT2D eigenvalue weighted by molar-refractivity contribution is 0.306. The molecule has 0 fully saturated rings. The Kier molecular flexibility index (Phi) is 7.81. The molecule has 6 nitrogen and oxygen atoms in total. The number of benzene rings is 4. The Morgan fingerprint density at radius 2 is 1.71 bits per heavy atom. The molecular formula is C30H16BrCl4N3O3. The van der Waals surface area contributed by atoms with Crippen molar-refractivity contribution in [3.8, 4) is 17.3 Å². The first kappa shape index (κ1) is 27.8. The third-order valence-electron chi connectivity index (χ3n) is 6.18. The Labute approximate surface area is 261 Å². The van der Waals surface area contributed by atoms with Crippen LogP contribution in [0.4, 0.5) is 0 Å². The molecule has 0 saturated carbocycles. The molecule has 0 saturated heterocycles. The van der Waals surface area contributed by atoms with E-state index in [1.807, 2.05) is 30.3 Å². The zero-order valence-corrected chi connectivity index (χ0v) is 25.4. The minimum Gasteiger partial charge on any atom is -0.486 e. The lowest BCUT2D eigenvalue weighted by Crippen LogP contribution is -2.20. The predicted octanol–water partition coefficient (Wildman–Crippen LogP) is 9.65. The zero-order valence-electron chi connectivity index (χ0n) is 20.7. The van der Waals surface area contributed by atoms with Crippen LogP contribution in [0.15, 0.2) is 97.6 Å². The molecule has 0 aliphatic heterocycles. The second kappa shape index (κ2) is 11.5. The largest absolute Gasteiger partial charge is 0.486 e. The Balaban J connectivity index is 1.37. The fraction of sp³-hybridized carbons (Fsp3) is 0.0333. The zero-order chi connectivity index (χ0) is 28.7. The summed E-state index contributed by atoms with van der Waals surface area (Å²) in [6.45, 7) is 0.137. The van der Waals surface area contributed by atoms with E-state index in [-0.39, 0.29) is 33.8 Å². The van der Waals surface area contributed by atoms with E-state index in [9.17, 15) is 4.79 Å². The molecule has 204 valence electrons. The highest BCUT2D eigenvalue weighted by Gasteiger charge is 2.17. The first-order valence-corrected chi connectivity index (χ1v) is 14.4. The Morgan fingerprint density at radius 3 is 2.49 bits per heavy atom. The van der Waals surface area contributed by atoms with Gasteiger partial charge in [0.2, 0.25) is 5.82 Å². The smallest absolute Gasteiger partial charge is 0.282 e. The summed E-state index contributed by atoms with van der Waals surface area (Å²) in [5, 5.41) is 7.25. The maximum absolute atomic E-state index is 13.5. The predicted molar refractivity (Wildman–Crippen MR) is 169 cm³/mol. The van der Waals surface area contributed by atoms with E-state index in [4.69, 9.17) is 60.5 Å². The first-order valence-electron chi connectivity index (χ1n) is 12.1. The topological polar surface area (TPSA) is 69.6 Å². The monoisotopic (exact) mass is 685 g/mol. The van der Waals surface area contributed by atoms with Crippen molar-refractivity contribution >= 4 is 90.4 Å². The molecule has 0 aliphatic carbocycles. The molecule has 0 N–H and O–H groups in total. The van der Waals surface area contributed by atoms with E-state index in [0.717, 1.165) is 15.4 Å². The van der Waals surface area contributed by atoms with Crippen LogP contribution in [0.1, 0.15) is 11.1 Å². The summed E-state index contributed by atoms with van der Waals surface area (Å²) in [6.07, 6.45) is 1.47. The van der Waals surface area contributed by atoms with Gasteiger partial charge in [-0.05, 0) is 66.2 Å². The Hall–Kier alpha value is -3.33. The van der Waals surface area contributed by atoms with Crippen molar-refractivity contribution in [2.24, 2.45) is 5.10 Å². The summed E-state index contributed by atoms with van der Waals surface area (Å²) in [5.74, 6) is 0.920. The van der Waals surface area contributed by atoms with Gasteiger partial charge in [-0.3, -0.25) is 4.79 Å². The maximum atomic E-state index is 13.5. The summed E-state index contributed by atoms with van der Waals surface area (Å²) in [5.41, 5.74) is 2.07. The van der Waals surface area contributed by atoms with Gasteiger partial charge in [-0.15, -0.1) is 0 Å². The van der Waals surface area contributed by atoms with Crippen molar-refractivity contribution in [3.63, 3.8) is 0 Å². The van der Waals surface area contributed by atoms with Gasteiger partial charge < -0.3 is 9.15 Å². The van der Waals surface area contributed by atoms with E-state index in [1.54, 1.807) is 48.5 Å². The fourth-order valence-corrected chi connectivity index (χ4v) is 5.67. The number of aromatic nitrogens is 2. The third-order valence-corrected chi connectivity index (χ3v) is 7.82. The average Bonchev–Trinajstić information content (AvgIpc) is 3.36. The Bertz CT molecular complexity index is 2030. The van der Waals surface area contributed by atoms with E-state index in [1.165, 1.54) is 10.9 Å². The lowest BCUT2D eigenvalue weighted by Gasteiger charge is -2.12. The molecule has 0 aliphatic rings. The molecule has 6 aromatic rings. The number of halogens is 5. The van der Waals surface area contributed by atoms with E-state index < -0.39 is 0 Å². The van der Waals surface area contributed by atoms with Crippen molar-refractivity contribution in [2.75, 3.05) is 0 Å². The van der Waals surface area contributed by atoms with Crippen LogP contribution in [0.25, 0.3) is 33.5 Å². The molecule has 11 heteroatoms. The number of rotatable bonds is 6. The normalized spacial score (nSPS) is 11.6. The van der Waals surface area contributed by atoms with E-state index in [2.05, 4.69) is 21.0 Å². The average molecular weight is 688 g/mol. The number of ether oxygens (including phenoxy) is 1. The molecule has 0 radical (unpaired) electrons. The number of hydrogen-bond acceptors (Lipinski definition) is 5. The van der Waals surface area contributed by atoms with Crippen molar-refractivity contribution in [1.29, 1.82) is 0 Å².